The molecule has 2 heterocycles. The highest BCUT2D eigenvalue weighted by molar-refractivity contribution is 5.20. The minimum absolute atomic E-state index is 0.377. The van der Waals surface area contributed by atoms with Crippen molar-refractivity contribution in [2.24, 2.45) is 11.8 Å². The third-order valence-electron chi connectivity index (χ3n) is 4.27. The summed E-state index contributed by atoms with van der Waals surface area (Å²) < 4.78 is 11.1. The van der Waals surface area contributed by atoms with Crippen molar-refractivity contribution in [3.05, 3.63) is 0 Å². The lowest BCUT2D eigenvalue weighted by Gasteiger charge is -2.22. The molecule has 0 aromatic heterocycles. The maximum absolute atomic E-state index is 5.56. The summed E-state index contributed by atoms with van der Waals surface area (Å²) in [5, 5.41) is 0. The molecule has 2 saturated heterocycles. The van der Waals surface area contributed by atoms with Gasteiger partial charge in [-0.1, -0.05) is 0 Å². The standard InChI is InChI=1S/C9H12O2/c1-6-2-8(4-10-8)7(1)3-9(6)5-11-9/h6-7H,1-5H2. The first-order valence-electron chi connectivity index (χ1n) is 4.61. The molecule has 4 aliphatic rings. The van der Waals surface area contributed by atoms with E-state index in [1.165, 1.54) is 19.3 Å². The van der Waals surface area contributed by atoms with Crippen molar-refractivity contribution >= 4 is 0 Å². The van der Waals surface area contributed by atoms with E-state index < -0.39 is 0 Å². The number of ether oxygens (including phenoxy) is 2. The molecule has 2 saturated carbocycles. The van der Waals surface area contributed by atoms with Gasteiger partial charge in [-0.05, 0) is 31.1 Å². The van der Waals surface area contributed by atoms with Crippen LogP contribution in [0.15, 0.2) is 0 Å². The summed E-state index contributed by atoms with van der Waals surface area (Å²) in [5.41, 5.74) is 0.754. The van der Waals surface area contributed by atoms with Crippen LogP contribution in [-0.2, 0) is 9.47 Å². The Balaban J connectivity index is 1.75. The highest BCUT2D eigenvalue weighted by Crippen LogP contribution is 2.66. The normalized spacial score (nSPS) is 69.8. The van der Waals surface area contributed by atoms with E-state index in [0.717, 1.165) is 25.0 Å². The Morgan fingerprint density at radius 1 is 0.909 bits per heavy atom. The van der Waals surface area contributed by atoms with E-state index in [9.17, 15) is 0 Å². The molecule has 0 radical (unpaired) electrons. The Kier molecular flexibility index (Phi) is 0.641. The van der Waals surface area contributed by atoms with Crippen LogP contribution in [0.4, 0.5) is 0 Å². The predicted molar refractivity (Wildman–Crippen MR) is 38.2 cm³/mol. The van der Waals surface area contributed by atoms with E-state index in [0.29, 0.717) is 11.2 Å². The first-order chi connectivity index (χ1) is 5.33. The zero-order valence-electron chi connectivity index (χ0n) is 6.51. The van der Waals surface area contributed by atoms with Crippen LogP contribution >= 0.6 is 0 Å². The van der Waals surface area contributed by atoms with Gasteiger partial charge in [0.15, 0.2) is 0 Å². The molecule has 0 N–H and O–H groups in total. The zero-order chi connectivity index (χ0) is 7.10. The smallest absolute Gasteiger partial charge is 0.0949 e. The molecule has 2 heteroatoms. The largest absolute Gasteiger partial charge is 0.369 e. The topological polar surface area (TPSA) is 25.1 Å². The molecule has 2 bridgehead atoms. The van der Waals surface area contributed by atoms with Gasteiger partial charge in [0.05, 0.1) is 24.4 Å². The van der Waals surface area contributed by atoms with Crippen molar-refractivity contribution in [3.8, 4) is 0 Å². The molecule has 0 aromatic rings. The molecule has 2 aliphatic heterocycles. The summed E-state index contributed by atoms with van der Waals surface area (Å²) in [6.45, 7) is 2.09. The second kappa shape index (κ2) is 1.27. The van der Waals surface area contributed by atoms with Gasteiger partial charge in [0.1, 0.15) is 0 Å². The SMILES string of the molecule is C1C2CC3(CO3)C1CC21CO1. The predicted octanol–water partition coefficient (Wildman–Crippen LogP) is 0.954. The average molecular weight is 152 g/mol. The van der Waals surface area contributed by atoms with Crippen LogP contribution in [-0.4, -0.2) is 24.4 Å². The molecule has 0 amide bonds. The molecule has 4 unspecified atom stereocenters. The first kappa shape index (κ1) is 5.55. The molecule has 11 heavy (non-hydrogen) atoms. The van der Waals surface area contributed by atoms with Crippen LogP contribution in [0.1, 0.15) is 19.3 Å². The van der Waals surface area contributed by atoms with E-state index in [2.05, 4.69) is 0 Å². The van der Waals surface area contributed by atoms with Gasteiger partial charge >= 0.3 is 0 Å². The lowest BCUT2D eigenvalue weighted by Crippen LogP contribution is -2.30. The molecule has 2 spiro atoms. The van der Waals surface area contributed by atoms with Crippen LogP contribution < -0.4 is 0 Å². The van der Waals surface area contributed by atoms with Crippen molar-refractivity contribution in [2.75, 3.05) is 13.2 Å². The fourth-order valence-electron chi connectivity index (χ4n) is 3.37. The van der Waals surface area contributed by atoms with Crippen molar-refractivity contribution in [1.29, 1.82) is 0 Å². The molecular weight excluding hydrogens is 140 g/mol. The third-order valence-corrected chi connectivity index (χ3v) is 4.27. The number of hydrogen-bond acceptors (Lipinski definition) is 2. The molecular formula is C9H12O2. The van der Waals surface area contributed by atoms with Crippen LogP contribution in [0.25, 0.3) is 0 Å². The highest BCUT2D eigenvalue weighted by Gasteiger charge is 2.71. The Hall–Kier alpha value is -0.0800. The fraction of sp³-hybridized carbons (Fsp3) is 1.00. The van der Waals surface area contributed by atoms with E-state index in [1.807, 2.05) is 0 Å². The second-order valence-electron chi connectivity index (χ2n) is 4.74. The summed E-state index contributed by atoms with van der Waals surface area (Å²) in [6, 6.07) is 0. The fourth-order valence-corrected chi connectivity index (χ4v) is 3.37. The van der Waals surface area contributed by atoms with Gasteiger partial charge in [-0.25, -0.2) is 0 Å². The average Bonchev–Trinajstić information content (AvgIpc) is 2.76. The molecule has 2 aliphatic carbocycles. The molecule has 60 valence electrons. The van der Waals surface area contributed by atoms with E-state index in [4.69, 9.17) is 9.47 Å². The zero-order valence-corrected chi connectivity index (χ0v) is 6.51. The van der Waals surface area contributed by atoms with Crippen molar-refractivity contribution in [3.63, 3.8) is 0 Å². The van der Waals surface area contributed by atoms with Crippen LogP contribution in [0.3, 0.4) is 0 Å². The van der Waals surface area contributed by atoms with E-state index in [-0.39, 0.29) is 0 Å². The monoisotopic (exact) mass is 152 g/mol. The Morgan fingerprint density at radius 2 is 1.36 bits per heavy atom. The van der Waals surface area contributed by atoms with Crippen LogP contribution in [0.2, 0.25) is 0 Å². The molecule has 2 nitrogen and oxygen atoms in total. The van der Waals surface area contributed by atoms with E-state index >= 15 is 0 Å². The number of fused-ring (bicyclic) bond motifs is 4. The van der Waals surface area contributed by atoms with Gasteiger partial charge in [0.25, 0.3) is 0 Å². The summed E-state index contributed by atoms with van der Waals surface area (Å²) >= 11 is 0. The summed E-state index contributed by atoms with van der Waals surface area (Å²) in [4.78, 5) is 0. The molecule has 4 atom stereocenters. The maximum Gasteiger partial charge on any atom is 0.0949 e. The third kappa shape index (κ3) is 0.482. The highest BCUT2D eigenvalue weighted by atomic mass is 16.6. The lowest BCUT2D eigenvalue weighted by atomic mass is 9.82. The van der Waals surface area contributed by atoms with Crippen molar-refractivity contribution in [2.45, 2.75) is 30.5 Å². The van der Waals surface area contributed by atoms with E-state index in [1.54, 1.807) is 0 Å². The first-order valence-corrected chi connectivity index (χ1v) is 4.61. The Bertz CT molecular complexity index is 204. The van der Waals surface area contributed by atoms with Gasteiger partial charge in [-0.3, -0.25) is 0 Å². The summed E-state index contributed by atoms with van der Waals surface area (Å²) in [7, 11) is 0. The maximum atomic E-state index is 5.56. The van der Waals surface area contributed by atoms with Gasteiger partial charge < -0.3 is 9.47 Å². The number of epoxide rings is 2. The van der Waals surface area contributed by atoms with Gasteiger partial charge in [-0.2, -0.15) is 0 Å². The lowest BCUT2D eigenvalue weighted by molar-refractivity contribution is 0.148. The Labute approximate surface area is 65.9 Å². The van der Waals surface area contributed by atoms with Gasteiger partial charge in [-0.15, -0.1) is 0 Å². The Morgan fingerprint density at radius 3 is 1.64 bits per heavy atom. The summed E-state index contributed by atoms with van der Waals surface area (Å²) in [5.74, 6) is 1.71. The van der Waals surface area contributed by atoms with Gasteiger partial charge in [0, 0.05) is 0 Å². The minimum Gasteiger partial charge on any atom is -0.369 e. The molecule has 4 rings (SSSR count). The number of hydrogen-bond donors (Lipinski definition) is 0. The van der Waals surface area contributed by atoms with Crippen LogP contribution in [0.5, 0.6) is 0 Å². The molecule has 4 fully saturated rings. The molecule has 0 aromatic carbocycles. The van der Waals surface area contributed by atoms with Crippen molar-refractivity contribution in [1.82, 2.24) is 0 Å². The summed E-state index contributed by atoms with van der Waals surface area (Å²) in [6.07, 6.45) is 4.00. The van der Waals surface area contributed by atoms with Crippen LogP contribution in [0, 0.1) is 11.8 Å². The van der Waals surface area contributed by atoms with Gasteiger partial charge in [0.2, 0.25) is 0 Å². The second-order valence-corrected chi connectivity index (χ2v) is 4.74. The van der Waals surface area contributed by atoms with Crippen molar-refractivity contribution < 1.29 is 9.47 Å². The number of rotatable bonds is 0. The minimum atomic E-state index is 0.377. The quantitative estimate of drug-likeness (QED) is 0.483.